The molecule has 4 nitrogen and oxygen atoms in total. The van der Waals surface area contributed by atoms with Crippen molar-refractivity contribution in [1.29, 1.82) is 0 Å². The molecule has 0 aliphatic carbocycles. The maximum Gasteiger partial charge on any atom is 0.277 e. The molecule has 1 N–H and O–H groups in total. The Balaban J connectivity index is 2.22. The van der Waals surface area contributed by atoms with E-state index in [1.54, 1.807) is 6.07 Å². The Bertz CT molecular complexity index is 939. The van der Waals surface area contributed by atoms with Crippen LogP contribution in [0.15, 0.2) is 18.2 Å². The van der Waals surface area contributed by atoms with E-state index < -0.39 is 15.5 Å². The molecule has 0 spiro atoms. The van der Waals surface area contributed by atoms with Crippen molar-refractivity contribution in [3.8, 4) is 0 Å². The van der Waals surface area contributed by atoms with Crippen molar-refractivity contribution in [3.05, 3.63) is 29.0 Å². The molecule has 2 heterocycles. The van der Waals surface area contributed by atoms with Gasteiger partial charge in [0.1, 0.15) is 11.3 Å². The number of benzene rings is 1. The van der Waals surface area contributed by atoms with Gasteiger partial charge in [0, 0.05) is 11.5 Å². The third kappa shape index (κ3) is 3.42. The second-order valence-corrected chi connectivity index (χ2v) is 8.47. The SMILES string of the molecule is CCCc1nc2c(NC(=O)C(Cl)(Cl)Cl)nc3cc(F)ccc3c2s1. The molecule has 0 saturated heterocycles. The van der Waals surface area contributed by atoms with Crippen LogP contribution in [-0.4, -0.2) is 19.7 Å². The molecule has 0 bridgehead atoms. The van der Waals surface area contributed by atoms with E-state index in [9.17, 15) is 9.18 Å². The van der Waals surface area contributed by atoms with Crippen LogP contribution >= 0.6 is 46.1 Å². The fourth-order valence-electron chi connectivity index (χ4n) is 2.26. The number of aryl methyl sites for hydroxylation is 1. The van der Waals surface area contributed by atoms with Crippen molar-refractivity contribution in [3.63, 3.8) is 0 Å². The van der Waals surface area contributed by atoms with E-state index in [-0.39, 0.29) is 5.82 Å². The number of anilines is 1. The number of hydrogen-bond donors (Lipinski definition) is 1. The number of carbonyl (C=O) groups excluding carboxylic acids is 1. The summed E-state index contributed by atoms with van der Waals surface area (Å²) in [4.78, 5) is 20.8. The average Bonchev–Trinajstić information content (AvgIpc) is 2.90. The van der Waals surface area contributed by atoms with Crippen molar-refractivity contribution in [2.24, 2.45) is 0 Å². The van der Waals surface area contributed by atoms with Gasteiger partial charge in [0.25, 0.3) is 9.70 Å². The molecule has 3 rings (SSSR count). The van der Waals surface area contributed by atoms with E-state index in [1.807, 2.05) is 6.92 Å². The van der Waals surface area contributed by atoms with Gasteiger partial charge in [0.15, 0.2) is 5.82 Å². The van der Waals surface area contributed by atoms with Gasteiger partial charge in [-0.05, 0) is 25.0 Å². The van der Waals surface area contributed by atoms with Crippen LogP contribution in [-0.2, 0) is 11.2 Å². The van der Waals surface area contributed by atoms with E-state index in [0.717, 1.165) is 27.9 Å². The Morgan fingerprint density at radius 2 is 2.08 bits per heavy atom. The number of halogens is 4. The van der Waals surface area contributed by atoms with E-state index in [4.69, 9.17) is 34.8 Å². The summed E-state index contributed by atoms with van der Waals surface area (Å²) in [6.45, 7) is 2.04. The summed E-state index contributed by atoms with van der Waals surface area (Å²) in [6.07, 6.45) is 1.72. The molecule has 126 valence electrons. The highest BCUT2D eigenvalue weighted by Gasteiger charge is 2.31. The van der Waals surface area contributed by atoms with Crippen molar-refractivity contribution in [2.45, 2.75) is 23.6 Å². The molecule has 1 aromatic carbocycles. The number of pyridine rings is 1. The van der Waals surface area contributed by atoms with E-state index in [0.29, 0.717) is 11.0 Å². The van der Waals surface area contributed by atoms with Gasteiger partial charge >= 0.3 is 0 Å². The first-order valence-electron chi connectivity index (χ1n) is 7.06. The molecule has 0 unspecified atom stereocenters. The van der Waals surface area contributed by atoms with Gasteiger partial charge in [-0.2, -0.15) is 0 Å². The summed E-state index contributed by atoms with van der Waals surface area (Å²) >= 11 is 18.3. The van der Waals surface area contributed by atoms with Gasteiger partial charge in [0.05, 0.1) is 15.2 Å². The second-order valence-electron chi connectivity index (χ2n) is 5.11. The highest BCUT2D eigenvalue weighted by atomic mass is 35.6. The Morgan fingerprint density at radius 1 is 1.33 bits per heavy atom. The monoisotopic (exact) mass is 405 g/mol. The number of thiazole rings is 1. The normalized spacial score (nSPS) is 12.0. The molecule has 0 aliphatic heterocycles. The van der Waals surface area contributed by atoms with Crippen molar-refractivity contribution < 1.29 is 9.18 Å². The number of aromatic nitrogens is 2. The summed E-state index contributed by atoms with van der Waals surface area (Å²) < 4.78 is 12.2. The predicted octanol–water partition coefficient (Wildman–Crippen LogP) is 5.24. The molecule has 24 heavy (non-hydrogen) atoms. The number of nitrogens with zero attached hydrogens (tertiary/aromatic N) is 2. The smallest absolute Gasteiger partial charge is 0.277 e. The number of nitrogens with one attached hydrogen (secondary N) is 1. The highest BCUT2D eigenvalue weighted by molar-refractivity contribution is 7.19. The summed E-state index contributed by atoms with van der Waals surface area (Å²) in [5, 5.41) is 4.13. The molecule has 1 amide bonds. The number of carbonyl (C=O) groups is 1. The molecule has 2 aromatic heterocycles. The minimum atomic E-state index is -2.13. The molecule has 0 radical (unpaired) electrons. The van der Waals surface area contributed by atoms with E-state index in [1.165, 1.54) is 23.5 Å². The Hall–Kier alpha value is -1.21. The summed E-state index contributed by atoms with van der Waals surface area (Å²) in [5.74, 6) is -1.12. The molecular weight excluding hydrogens is 396 g/mol. The average molecular weight is 407 g/mol. The fourth-order valence-corrected chi connectivity index (χ4v) is 3.60. The summed E-state index contributed by atoms with van der Waals surface area (Å²) in [5.41, 5.74) is 0.902. The van der Waals surface area contributed by atoms with Crippen molar-refractivity contribution in [2.75, 3.05) is 5.32 Å². The van der Waals surface area contributed by atoms with Gasteiger partial charge in [-0.3, -0.25) is 4.79 Å². The maximum absolute atomic E-state index is 13.5. The zero-order valence-electron chi connectivity index (χ0n) is 12.4. The number of amides is 1. The molecule has 9 heteroatoms. The first kappa shape index (κ1) is 17.6. The lowest BCUT2D eigenvalue weighted by atomic mass is 10.2. The topological polar surface area (TPSA) is 54.9 Å². The minimum absolute atomic E-state index is 0.151. The van der Waals surface area contributed by atoms with Crippen LogP contribution in [0.5, 0.6) is 0 Å². The predicted molar refractivity (Wildman–Crippen MR) is 97.8 cm³/mol. The molecule has 3 aromatic rings. The zero-order valence-corrected chi connectivity index (χ0v) is 15.5. The number of fused-ring (bicyclic) bond motifs is 3. The lowest BCUT2D eigenvalue weighted by molar-refractivity contribution is -0.115. The van der Waals surface area contributed by atoms with Crippen molar-refractivity contribution in [1.82, 2.24) is 9.97 Å². The van der Waals surface area contributed by atoms with Crippen LogP contribution in [0.4, 0.5) is 10.2 Å². The fraction of sp³-hybridized carbons (Fsp3) is 0.267. The van der Waals surface area contributed by atoms with E-state index in [2.05, 4.69) is 15.3 Å². The van der Waals surface area contributed by atoms with Gasteiger partial charge < -0.3 is 5.32 Å². The third-order valence-electron chi connectivity index (χ3n) is 3.29. The zero-order chi connectivity index (χ0) is 17.5. The molecule has 0 fully saturated rings. The number of rotatable bonds is 3. The molecule has 0 saturated carbocycles. The number of alkyl halides is 3. The lowest BCUT2D eigenvalue weighted by Gasteiger charge is -2.12. The van der Waals surface area contributed by atoms with Crippen LogP contribution in [0.3, 0.4) is 0 Å². The van der Waals surface area contributed by atoms with E-state index >= 15 is 0 Å². The van der Waals surface area contributed by atoms with Gasteiger partial charge in [0.2, 0.25) is 0 Å². The second kappa shape index (κ2) is 6.59. The maximum atomic E-state index is 13.5. The first-order chi connectivity index (χ1) is 11.3. The molecule has 0 aliphatic rings. The van der Waals surface area contributed by atoms with Crippen LogP contribution < -0.4 is 5.32 Å². The third-order valence-corrected chi connectivity index (χ3v) is 4.95. The van der Waals surface area contributed by atoms with Crippen LogP contribution in [0.2, 0.25) is 0 Å². The van der Waals surface area contributed by atoms with Crippen LogP contribution in [0.1, 0.15) is 18.4 Å². The molecular formula is C15H11Cl3FN3OS. The van der Waals surface area contributed by atoms with Crippen LogP contribution in [0.25, 0.3) is 21.1 Å². The Morgan fingerprint density at radius 3 is 2.75 bits per heavy atom. The summed E-state index contributed by atoms with van der Waals surface area (Å²) in [6, 6.07) is 4.30. The minimum Gasteiger partial charge on any atom is -0.305 e. The molecule has 0 atom stereocenters. The largest absolute Gasteiger partial charge is 0.305 e. The van der Waals surface area contributed by atoms with Gasteiger partial charge in [-0.15, -0.1) is 11.3 Å². The van der Waals surface area contributed by atoms with Crippen molar-refractivity contribution >= 4 is 79.0 Å². The standard InChI is InChI=1S/C15H11Cl3FN3OS/c1-2-3-10-21-11-12(24-10)8-5-4-7(19)6-9(8)20-13(11)22-14(23)15(16,17)18/h4-6H,2-3H2,1H3,(H,20,22,23). The van der Waals surface area contributed by atoms with Gasteiger partial charge in [-0.25, -0.2) is 14.4 Å². The first-order valence-corrected chi connectivity index (χ1v) is 9.01. The Kier molecular flexibility index (Phi) is 4.84. The number of hydrogen-bond acceptors (Lipinski definition) is 4. The quantitative estimate of drug-likeness (QED) is 0.605. The summed E-state index contributed by atoms with van der Waals surface area (Å²) in [7, 11) is 0. The lowest BCUT2D eigenvalue weighted by Crippen LogP contribution is -2.27. The Labute approximate surface area is 155 Å². The van der Waals surface area contributed by atoms with Gasteiger partial charge in [-0.1, -0.05) is 41.7 Å². The van der Waals surface area contributed by atoms with Crippen LogP contribution in [0, 0.1) is 5.82 Å². The highest BCUT2D eigenvalue weighted by Crippen LogP contribution is 2.35.